The van der Waals surface area contributed by atoms with E-state index in [4.69, 9.17) is 10.4 Å². The van der Waals surface area contributed by atoms with Gasteiger partial charge in [-0.2, -0.15) is 5.26 Å². The first kappa shape index (κ1) is 10.0. The molecule has 1 N–H and O–H groups in total. The summed E-state index contributed by atoms with van der Waals surface area (Å²) in [5.41, 5.74) is 0. The molecule has 0 heterocycles. The number of esters is 1. The summed E-state index contributed by atoms with van der Waals surface area (Å²) < 4.78 is 4.44. The van der Waals surface area contributed by atoms with Crippen LogP contribution in [0.2, 0.25) is 0 Å². The molecule has 0 spiro atoms. The van der Waals surface area contributed by atoms with E-state index in [0.717, 1.165) is 17.8 Å². The summed E-state index contributed by atoms with van der Waals surface area (Å²) in [6.07, 6.45) is 1.13. The van der Waals surface area contributed by atoms with Crippen LogP contribution in [0.3, 0.4) is 0 Å². The molecular weight excluding hydrogens is 166 g/mol. The third kappa shape index (κ3) is 6.90. The van der Waals surface area contributed by atoms with Crippen molar-refractivity contribution in [1.29, 1.82) is 5.26 Å². The van der Waals surface area contributed by atoms with E-state index in [1.165, 1.54) is 5.41 Å². The molecule has 0 aromatic heterocycles. The van der Waals surface area contributed by atoms with Gasteiger partial charge in [0, 0.05) is 6.08 Å². The summed E-state index contributed by atoms with van der Waals surface area (Å²) in [5.74, 6) is -0.554. The Morgan fingerprint density at radius 1 is 1.82 bits per heavy atom. The monoisotopic (exact) mass is 173 g/mol. The van der Waals surface area contributed by atoms with E-state index in [1.807, 2.05) is 0 Å². The van der Waals surface area contributed by atoms with Crippen molar-refractivity contribution < 1.29 is 14.6 Å². The van der Waals surface area contributed by atoms with Crippen molar-refractivity contribution in [3.05, 3.63) is 11.5 Å². The zero-order valence-corrected chi connectivity index (χ0v) is 6.50. The van der Waals surface area contributed by atoms with Gasteiger partial charge in [-0.05, 0) is 17.2 Å². The zero-order valence-electron chi connectivity index (χ0n) is 5.69. The van der Waals surface area contributed by atoms with Crippen molar-refractivity contribution in [2.24, 2.45) is 0 Å². The highest BCUT2D eigenvalue weighted by atomic mass is 32.2. The second-order valence-corrected chi connectivity index (χ2v) is 2.09. The number of hydrogen-bond donors (Lipinski definition) is 1. The number of aliphatic hydroxyl groups excluding tert-OH is 1. The Morgan fingerprint density at radius 3 is 3.09 bits per heavy atom. The number of carbonyl (C=O) groups is 1. The minimum Gasteiger partial charge on any atom is -0.460 e. The maximum atomic E-state index is 10.5. The maximum Gasteiger partial charge on any atom is 0.331 e. The number of carbonyl (C=O) groups excluding carboxylic acids is 1. The lowest BCUT2D eigenvalue weighted by atomic mass is 10.6. The molecule has 60 valence electrons. The molecule has 4 nitrogen and oxygen atoms in total. The van der Waals surface area contributed by atoms with Gasteiger partial charge in [0.05, 0.1) is 6.61 Å². The van der Waals surface area contributed by atoms with Gasteiger partial charge in [0.25, 0.3) is 0 Å². The third-order valence-electron chi connectivity index (χ3n) is 0.660. The standard InChI is InChI=1S/C6H7NO3S/c7-5-11-4-1-6(9)10-3-2-8/h1,4,8H,2-3H2/b4-1-. The lowest BCUT2D eigenvalue weighted by Gasteiger charge is -1.95. The SMILES string of the molecule is N#CS/C=C\C(=O)OCCO. The highest BCUT2D eigenvalue weighted by Gasteiger charge is 1.93. The lowest BCUT2D eigenvalue weighted by Crippen LogP contribution is -2.04. The van der Waals surface area contributed by atoms with Crippen molar-refractivity contribution in [1.82, 2.24) is 0 Å². The topological polar surface area (TPSA) is 70.3 Å². The fraction of sp³-hybridized carbons (Fsp3) is 0.333. The first-order chi connectivity index (χ1) is 5.31. The van der Waals surface area contributed by atoms with Crippen LogP contribution in [0.1, 0.15) is 0 Å². The van der Waals surface area contributed by atoms with E-state index in [2.05, 4.69) is 4.74 Å². The molecule has 5 heteroatoms. The Morgan fingerprint density at radius 2 is 2.55 bits per heavy atom. The summed E-state index contributed by atoms with van der Waals surface area (Å²) >= 11 is 0.832. The number of ether oxygens (including phenoxy) is 1. The van der Waals surface area contributed by atoms with E-state index in [-0.39, 0.29) is 13.2 Å². The molecule has 11 heavy (non-hydrogen) atoms. The molecule has 0 rings (SSSR count). The highest BCUT2D eigenvalue weighted by Crippen LogP contribution is 1.97. The second-order valence-electron chi connectivity index (χ2n) is 1.40. The number of nitriles is 1. The molecule has 0 fully saturated rings. The molecule has 0 atom stereocenters. The molecule has 0 saturated heterocycles. The first-order valence-corrected chi connectivity index (χ1v) is 3.68. The van der Waals surface area contributed by atoms with Gasteiger partial charge in [0.2, 0.25) is 0 Å². The number of hydrogen-bond acceptors (Lipinski definition) is 5. The van der Waals surface area contributed by atoms with Gasteiger partial charge in [-0.25, -0.2) is 4.79 Å². The van der Waals surface area contributed by atoms with Crippen molar-refractivity contribution in [3.63, 3.8) is 0 Å². The van der Waals surface area contributed by atoms with Crippen LogP contribution in [0.4, 0.5) is 0 Å². The summed E-state index contributed by atoms with van der Waals surface area (Å²) in [6, 6.07) is 0. The van der Waals surface area contributed by atoms with E-state index in [9.17, 15) is 4.79 Å². The highest BCUT2D eigenvalue weighted by molar-refractivity contribution is 8.06. The van der Waals surface area contributed by atoms with Crippen LogP contribution in [0.15, 0.2) is 11.5 Å². The van der Waals surface area contributed by atoms with E-state index >= 15 is 0 Å². The maximum absolute atomic E-state index is 10.5. The van der Waals surface area contributed by atoms with Gasteiger partial charge in [-0.3, -0.25) is 0 Å². The Bertz CT molecular complexity index is 185. The molecule has 0 amide bonds. The fourth-order valence-electron chi connectivity index (χ4n) is 0.314. The average molecular weight is 173 g/mol. The van der Waals surface area contributed by atoms with Crippen molar-refractivity contribution in [2.75, 3.05) is 13.2 Å². The van der Waals surface area contributed by atoms with Crippen LogP contribution in [-0.4, -0.2) is 24.3 Å². The molecule has 0 bridgehead atoms. The average Bonchev–Trinajstić information content (AvgIpc) is 2.01. The first-order valence-electron chi connectivity index (χ1n) is 2.80. The lowest BCUT2D eigenvalue weighted by molar-refractivity contribution is -0.138. The van der Waals surface area contributed by atoms with Crippen LogP contribution in [0.25, 0.3) is 0 Å². The van der Waals surface area contributed by atoms with Gasteiger partial charge in [-0.15, -0.1) is 0 Å². The molecule has 0 saturated carbocycles. The van der Waals surface area contributed by atoms with Crippen molar-refractivity contribution in [3.8, 4) is 5.40 Å². The van der Waals surface area contributed by atoms with Crippen LogP contribution in [0, 0.1) is 10.7 Å². The van der Waals surface area contributed by atoms with E-state index in [0.29, 0.717) is 0 Å². The number of rotatable bonds is 4. The smallest absolute Gasteiger partial charge is 0.331 e. The second kappa shape index (κ2) is 7.12. The summed E-state index contributed by atoms with van der Waals surface area (Å²) in [5, 5.41) is 19.3. The van der Waals surface area contributed by atoms with Gasteiger partial charge in [0.1, 0.15) is 12.0 Å². The number of aliphatic hydroxyl groups is 1. The van der Waals surface area contributed by atoms with Gasteiger partial charge in [-0.1, -0.05) is 0 Å². The van der Waals surface area contributed by atoms with Gasteiger partial charge >= 0.3 is 5.97 Å². The molecule has 0 aliphatic carbocycles. The minimum atomic E-state index is -0.554. The molecule has 0 radical (unpaired) electrons. The molecule has 0 aromatic rings. The van der Waals surface area contributed by atoms with Crippen LogP contribution in [0.5, 0.6) is 0 Å². The van der Waals surface area contributed by atoms with E-state index < -0.39 is 5.97 Å². The Kier molecular flexibility index (Phi) is 6.48. The van der Waals surface area contributed by atoms with Gasteiger partial charge < -0.3 is 9.84 Å². The van der Waals surface area contributed by atoms with Crippen LogP contribution >= 0.6 is 11.8 Å². The summed E-state index contributed by atoms with van der Waals surface area (Å²) in [6.45, 7) is -0.203. The van der Waals surface area contributed by atoms with E-state index in [1.54, 1.807) is 5.40 Å². The van der Waals surface area contributed by atoms with Gasteiger partial charge in [0.15, 0.2) is 0 Å². The molecule has 0 aliphatic heterocycles. The van der Waals surface area contributed by atoms with Crippen LogP contribution in [-0.2, 0) is 9.53 Å². The predicted octanol–water partition coefficient (Wildman–Crippen LogP) is 0.250. The Balaban J connectivity index is 3.45. The van der Waals surface area contributed by atoms with Crippen molar-refractivity contribution >= 4 is 17.7 Å². The Labute approximate surface area is 68.5 Å². The Hall–Kier alpha value is -0.990. The molecule has 0 aromatic carbocycles. The number of thioether (sulfide) groups is 1. The quantitative estimate of drug-likeness (QED) is 0.375. The zero-order chi connectivity index (χ0) is 8.53. The predicted molar refractivity (Wildman–Crippen MR) is 40.4 cm³/mol. The molecule has 0 aliphatic rings. The summed E-state index contributed by atoms with van der Waals surface area (Å²) in [7, 11) is 0. The normalized spacial score (nSPS) is 9.45. The largest absolute Gasteiger partial charge is 0.460 e. The fourth-order valence-corrected chi connectivity index (χ4v) is 0.554. The third-order valence-corrected chi connectivity index (χ3v) is 1.04. The number of thiocyanates is 1. The minimum absolute atomic E-state index is 0.0135. The number of nitrogens with zero attached hydrogens (tertiary/aromatic N) is 1. The van der Waals surface area contributed by atoms with Crippen molar-refractivity contribution in [2.45, 2.75) is 0 Å². The summed E-state index contributed by atoms with van der Waals surface area (Å²) in [4.78, 5) is 10.5. The molecule has 0 unspecified atom stereocenters. The van der Waals surface area contributed by atoms with Crippen LogP contribution < -0.4 is 0 Å². The molecular formula is C6H7NO3S.